The Labute approximate surface area is 149 Å². The van der Waals surface area contributed by atoms with Crippen molar-refractivity contribution in [2.45, 2.75) is 13.3 Å². The van der Waals surface area contributed by atoms with Crippen molar-refractivity contribution in [2.24, 2.45) is 0 Å². The molecule has 0 aliphatic rings. The number of rotatable bonds is 4. The molecule has 2 heterocycles. The molecule has 0 fully saturated rings. The van der Waals surface area contributed by atoms with Gasteiger partial charge in [0.15, 0.2) is 0 Å². The molecule has 128 valence electrons. The van der Waals surface area contributed by atoms with Crippen LogP contribution in [0.3, 0.4) is 0 Å². The molecule has 0 amide bonds. The van der Waals surface area contributed by atoms with Gasteiger partial charge < -0.3 is 10.4 Å². The number of hydrogen-bond donors (Lipinski definition) is 2. The van der Waals surface area contributed by atoms with E-state index < -0.39 is 5.95 Å². The number of halogens is 1. The predicted octanol–water partition coefficient (Wildman–Crippen LogP) is 2.83. The molecule has 2 N–H and O–H groups in total. The summed E-state index contributed by atoms with van der Waals surface area (Å²) in [5, 5.41) is 13.8. The lowest BCUT2D eigenvalue weighted by Crippen LogP contribution is -2.18. The number of aromatic nitrogens is 2. The maximum absolute atomic E-state index is 13.7. The summed E-state index contributed by atoms with van der Waals surface area (Å²) in [6.45, 7) is 5.80. The maximum Gasteiger partial charge on any atom is 0.230 e. The van der Waals surface area contributed by atoms with Gasteiger partial charge in [-0.15, -0.1) is 11.3 Å². The van der Waals surface area contributed by atoms with E-state index >= 15 is 0 Å². The molecule has 2 rings (SSSR count). The second-order valence-electron chi connectivity index (χ2n) is 4.93. The van der Waals surface area contributed by atoms with Crippen molar-refractivity contribution in [1.82, 2.24) is 9.97 Å². The Morgan fingerprint density at radius 3 is 2.92 bits per heavy atom. The SMILES string of the molecule is C=c1nc(/C=C/C#Cc2ccc(NC)nc2F)s/c1=C/C(O)=C\CC. The number of allylic oxidation sites excluding steroid dienone is 3. The van der Waals surface area contributed by atoms with Crippen molar-refractivity contribution in [3.05, 3.63) is 56.4 Å². The quantitative estimate of drug-likeness (QED) is 0.503. The highest BCUT2D eigenvalue weighted by Gasteiger charge is 2.01. The van der Waals surface area contributed by atoms with Crippen LogP contribution in [0, 0.1) is 17.8 Å². The predicted molar refractivity (Wildman–Crippen MR) is 102 cm³/mol. The molecular weight excluding hydrogens is 337 g/mol. The van der Waals surface area contributed by atoms with Gasteiger partial charge in [-0.3, -0.25) is 0 Å². The van der Waals surface area contributed by atoms with Crippen molar-refractivity contribution in [3.8, 4) is 11.8 Å². The van der Waals surface area contributed by atoms with Gasteiger partial charge in [0.1, 0.15) is 16.6 Å². The average Bonchev–Trinajstić information content (AvgIpc) is 2.92. The zero-order valence-electron chi connectivity index (χ0n) is 14.0. The highest BCUT2D eigenvalue weighted by atomic mass is 32.1. The van der Waals surface area contributed by atoms with Crippen LogP contribution >= 0.6 is 11.3 Å². The lowest BCUT2D eigenvalue weighted by Gasteiger charge is -1.98. The van der Waals surface area contributed by atoms with Crippen molar-refractivity contribution < 1.29 is 9.50 Å². The van der Waals surface area contributed by atoms with E-state index in [4.69, 9.17) is 0 Å². The average molecular weight is 355 g/mol. The van der Waals surface area contributed by atoms with E-state index in [1.807, 2.05) is 6.92 Å². The van der Waals surface area contributed by atoms with Gasteiger partial charge in [-0.1, -0.05) is 25.3 Å². The zero-order chi connectivity index (χ0) is 18.2. The van der Waals surface area contributed by atoms with Crippen molar-refractivity contribution in [3.63, 3.8) is 0 Å². The molecule has 0 aliphatic heterocycles. The highest BCUT2D eigenvalue weighted by Crippen LogP contribution is 2.08. The van der Waals surface area contributed by atoms with Crippen molar-refractivity contribution in [1.29, 1.82) is 0 Å². The van der Waals surface area contributed by atoms with Crippen LogP contribution in [0.5, 0.6) is 0 Å². The Morgan fingerprint density at radius 2 is 2.24 bits per heavy atom. The van der Waals surface area contributed by atoms with E-state index in [1.54, 1.807) is 43.5 Å². The molecule has 0 atom stereocenters. The molecule has 0 saturated heterocycles. The van der Waals surface area contributed by atoms with Crippen LogP contribution in [-0.4, -0.2) is 22.1 Å². The third-order valence-corrected chi connectivity index (χ3v) is 4.07. The molecule has 0 radical (unpaired) electrons. The second-order valence-corrected chi connectivity index (χ2v) is 5.99. The molecule has 2 aromatic heterocycles. The van der Waals surface area contributed by atoms with Crippen molar-refractivity contribution in [2.75, 3.05) is 12.4 Å². The first-order valence-electron chi connectivity index (χ1n) is 7.62. The number of thiazole rings is 1. The summed E-state index contributed by atoms with van der Waals surface area (Å²) < 4.78 is 14.5. The summed E-state index contributed by atoms with van der Waals surface area (Å²) in [7, 11) is 1.67. The van der Waals surface area contributed by atoms with Crippen LogP contribution in [0.1, 0.15) is 23.9 Å². The summed E-state index contributed by atoms with van der Waals surface area (Å²) in [6.07, 6.45) is 7.41. The number of pyridine rings is 1. The van der Waals surface area contributed by atoms with Crippen LogP contribution in [0.4, 0.5) is 10.2 Å². The van der Waals surface area contributed by atoms with Crippen LogP contribution in [0.2, 0.25) is 0 Å². The monoisotopic (exact) mass is 355 g/mol. The highest BCUT2D eigenvalue weighted by molar-refractivity contribution is 7.10. The number of aliphatic hydroxyl groups excluding tert-OH is 1. The lowest BCUT2D eigenvalue weighted by atomic mass is 10.2. The maximum atomic E-state index is 13.7. The van der Waals surface area contributed by atoms with Crippen LogP contribution in [0.25, 0.3) is 18.7 Å². The first-order valence-corrected chi connectivity index (χ1v) is 8.44. The van der Waals surface area contributed by atoms with Gasteiger partial charge in [0.2, 0.25) is 5.95 Å². The molecule has 0 saturated carbocycles. The van der Waals surface area contributed by atoms with E-state index in [0.29, 0.717) is 16.2 Å². The Hall–Kier alpha value is -2.91. The van der Waals surface area contributed by atoms with Gasteiger partial charge in [0.25, 0.3) is 0 Å². The minimum atomic E-state index is -0.614. The first kappa shape index (κ1) is 18.4. The number of aliphatic hydroxyl groups is 1. The second kappa shape index (κ2) is 8.81. The summed E-state index contributed by atoms with van der Waals surface area (Å²) in [6, 6.07) is 3.23. The van der Waals surface area contributed by atoms with Gasteiger partial charge in [-0.2, -0.15) is 4.39 Å². The van der Waals surface area contributed by atoms with E-state index in [2.05, 4.69) is 33.7 Å². The molecule has 25 heavy (non-hydrogen) atoms. The Kier molecular flexibility index (Phi) is 6.49. The third kappa shape index (κ3) is 5.30. The third-order valence-electron chi connectivity index (χ3n) is 3.06. The standard InChI is InChI=1S/C19H18FN3OS/c1-4-7-15(24)12-16-13(2)22-18(25-16)9-6-5-8-14-10-11-17(21-3)23-19(14)20/h6-7,9-12,24H,2,4H2,1,3H3,(H,21,23)/b9-6+,15-7+,16-12+. The molecule has 0 aromatic carbocycles. The molecule has 4 nitrogen and oxygen atoms in total. The van der Waals surface area contributed by atoms with Crippen LogP contribution in [0.15, 0.2) is 30.0 Å². The van der Waals surface area contributed by atoms with E-state index in [1.165, 1.54) is 11.3 Å². The van der Waals surface area contributed by atoms with Gasteiger partial charge in [0.05, 0.1) is 15.4 Å². The molecule has 2 aromatic rings. The molecule has 0 bridgehead atoms. The fourth-order valence-corrected chi connectivity index (χ4v) is 2.73. The van der Waals surface area contributed by atoms with Crippen LogP contribution < -0.4 is 15.2 Å². The zero-order valence-corrected chi connectivity index (χ0v) is 14.8. The first-order chi connectivity index (χ1) is 12.0. The van der Waals surface area contributed by atoms with Gasteiger partial charge in [-0.05, 0) is 42.9 Å². The number of anilines is 1. The topological polar surface area (TPSA) is 58.0 Å². The van der Waals surface area contributed by atoms with Crippen LogP contribution in [-0.2, 0) is 0 Å². The normalized spacial score (nSPS) is 12.3. The Balaban J connectivity index is 2.17. The van der Waals surface area contributed by atoms with Crippen molar-refractivity contribution >= 4 is 35.9 Å². The summed E-state index contributed by atoms with van der Waals surface area (Å²) in [4.78, 5) is 8.03. The summed E-state index contributed by atoms with van der Waals surface area (Å²) >= 11 is 1.39. The molecule has 0 unspecified atom stereocenters. The van der Waals surface area contributed by atoms with Gasteiger partial charge in [-0.25, -0.2) is 9.97 Å². The largest absolute Gasteiger partial charge is 0.508 e. The molecule has 0 aliphatic carbocycles. The smallest absolute Gasteiger partial charge is 0.230 e. The van der Waals surface area contributed by atoms with E-state index in [0.717, 1.165) is 11.0 Å². The fraction of sp³-hybridized carbons (Fsp3) is 0.158. The fourth-order valence-electron chi connectivity index (χ4n) is 1.87. The lowest BCUT2D eigenvalue weighted by molar-refractivity contribution is 0.439. The summed E-state index contributed by atoms with van der Waals surface area (Å²) in [5.74, 6) is 5.50. The molecule has 6 heteroatoms. The van der Waals surface area contributed by atoms with E-state index in [-0.39, 0.29) is 11.3 Å². The minimum Gasteiger partial charge on any atom is -0.508 e. The van der Waals surface area contributed by atoms with Gasteiger partial charge >= 0.3 is 0 Å². The van der Waals surface area contributed by atoms with E-state index in [9.17, 15) is 9.50 Å². The number of hydrogen-bond acceptors (Lipinski definition) is 5. The Bertz CT molecular complexity index is 980. The van der Waals surface area contributed by atoms with Gasteiger partial charge in [0, 0.05) is 7.05 Å². The molecular formula is C19H18FN3OS. The molecule has 0 spiro atoms. The Morgan fingerprint density at radius 1 is 1.44 bits per heavy atom. The number of nitrogens with zero attached hydrogens (tertiary/aromatic N) is 2. The number of nitrogens with one attached hydrogen (secondary N) is 1. The minimum absolute atomic E-state index is 0.194. The summed E-state index contributed by atoms with van der Waals surface area (Å²) in [5.41, 5.74) is 0.226.